The molecule has 102 valence electrons. The molecular formula is C17H12N2OS. The van der Waals surface area contributed by atoms with E-state index in [1.165, 1.54) is 4.70 Å². The Bertz CT molecular complexity index is 940. The third kappa shape index (κ3) is 2.23. The Kier molecular flexibility index (Phi) is 2.82. The molecule has 0 spiro atoms. The van der Waals surface area contributed by atoms with Crippen LogP contribution in [-0.2, 0) is 0 Å². The quantitative estimate of drug-likeness (QED) is 0.524. The van der Waals surface area contributed by atoms with Crippen molar-refractivity contribution in [2.24, 2.45) is 0 Å². The molecule has 4 heteroatoms. The predicted molar refractivity (Wildman–Crippen MR) is 86.2 cm³/mol. The number of aryl methyl sites for hydroxylation is 1. The number of thiazole rings is 1. The molecule has 0 radical (unpaired) electrons. The highest BCUT2D eigenvalue weighted by Crippen LogP contribution is 2.32. The monoisotopic (exact) mass is 292 g/mol. The minimum Gasteiger partial charge on any atom is -0.457 e. The summed E-state index contributed by atoms with van der Waals surface area (Å²) in [6, 6.07) is 14.0. The van der Waals surface area contributed by atoms with Crippen molar-refractivity contribution in [3.05, 3.63) is 59.9 Å². The van der Waals surface area contributed by atoms with Crippen molar-refractivity contribution in [1.82, 2.24) is 9.97 Å². The molecule has 0 N–H and O–H groups in total. The van der Waals surface area contributed by atoms with Gasteiger partial charge in [0.05, 0.1) is 15.2 Å². The summed E-state index contributed by atoms with van der Waals surface area (Å²) >= 11 is 1.69. The molecule has 0 aliphatic rings. The van der Waals surface area contributed by atoms with Gasteiger partial charge in [-0.15, -0.1) is 11.3 Å². The van der Waals surface area contributed by atoms with E-state index in [4.69, 9.17) is 4.74 Å². The zero-order chi connectivity index (χ0) is 14.2. The van der Waals surface area contributed by atoms with E-state index >= 15 is 0 Å². The van der Waals surface area contributed by atoms with Gasteiger partial charge >= 0.3 is 0 Å². The summed E-state index contributed by atoms with van der Waals surface area (Å²) in [5, 5.41) is 3.19. The molecule has 0 aliphatic carbocycles. The molecule has 0 fully saturated rings. The third-order valence-corrected chi connectivity index (χ3v) is 4.29. The number of fused-ring (bicyclic) bond motifs is 2. The van der Waals surface area contributed by atoms with Crippen LogP contribution in [-0.4, -0.2) is 9.97 Å². The Morgan fingerprint density at radius 2 is 2.05 bits per heavy atom. The van der Waals surface area contributed by atoms with Crippen LogP contribution in [0.4, 0.5) is 0 Å². The molecule has 2 aromatic carbocycles. The van der Waals surface area contributed by atoms with Gasteiger partial charge in [-0.3, -0.25) is 4.98 Å². The standard InChI is InChI=1S/C17H12N2OS/c1-11-19-15-9-13(5-6-17(15)21-11)20-16-4-2-3-12-7-8-18-10-14(12)16/h2-10H,1H3. The second-order valence-electron chi connectivity index (χ2n) is 4.82. The molecule has 21 heavy (non-hydrogen) atoms. The lowest BCUT2D eigenvalue weighted by Crippen LogP contribution is -1.86. The Morgan fingerprint density at radius 1 is 1.10 bits per heavy atom. The number of pyridine rings is 1. The number of hydrogen-bond acceptors (Lipinski definition) is 4. The molecule has 0 saturated heterocycles. The number of hydrogen-bond donors (Lipinski definition) is 0. The molecule has 2 heterocycles. The molecule has 0 amide bonds. The number of ether oxygens (including phenoxy) is 1. The molecule has 0 aliphatic heterocycles. The van der Waals surface area contributed by atoms with E-state index in [1.54, 1.807) is 17.5 Å². The van der Waals surface area contributed by atoms with Crippen LogP contribution in [0.25, 0.3) is 21.0 Å². The molecule has 3 nitrogen and oxygen atoms in total. The van der Waals surface area contributed by atoms with Crippen LogP contribution in [0.2, 0.25) is 0 Å². The summed E-state index contributed by atoms with van der Waals surface area (Å²) in [5.74, 6) is 1.61. The van der Waals surface area contributed by atoms with Crippen molar-refractivity contribution in [3.63, 3.8) is 0 Å². The van der Waals surface area contributed by atoms with Gasteiger partial charge in [-0.2, -0.15) is 0 Å². The summed E-state index contributed by atoms with van der Waals surface area (Å²) in [6.45, 7) is 2.02. The Balaban J connectivity index is 1.78. The number of nitrogens with zero attached hydrogens (tertiary/aromatic N) is 2. The maximum absolute atomic E-state index is 6.03. The van der Waals surface area contributed by atoms with Crippen LogP contribution in [0.15, 0.2) is 54.9 Å². The lowest BCUT2D eigenvalue weighted by Gasteiger charge is -2.08. The zero-order valence-electron chi connectivity index (χ0n) is 11.4. The number of aromatic nitrogens is 2. The van der Waals surface area contributed by atoms with E-state index in [9.17, 15) is 0 Å². The SMILES string of the molecule is Cc1nc2cc(Oc3cccc4ccncc34)ccc2s1. The van der Waals surface area contributed by atoms with Crippen molar-refractivity contribution >= 4 is 32.3 Å². The Morgan fingerprint density at radius 3 is 3.00 bits per heavy atom. The van der Waals surface area contributed by atoms with Crippen LogP contribution in [0.5, 0.6) is 11.5 Å². The second-order valence-corrected chi connectivity index (χ2v) is 6.05. The van der Waals surface area contributed by atoms with Gasteiger partial charge in [0.1, 0.15) is 11.5 Å². The molecule has 4 rings (SSSR count). The lowest BCUT2D eigenvalue weighted by molar-refractivity contribution is 0.489. The van der Waals surface area contributed by atoms with Gasteiger partial charge in [-0.05, 0) is 36.6 Å². The summed E-state index contributed by atoms with van der Waals surface area (Å²) in [5.41, 5.74) is 0.980. The van der Waals surface area contributed by atoms with Crippen molar-refractivity contribution < 1.29 is 4.74 Å². The Labute approximate surface area is 125 Å². The maximum atomic E-state index is 6.03. The normalized spacial score (nSPS) is 11.1. The van der Waals surface area contributed by atoms with E-state index < -0.39 is 0 Å². The minimum absolute atomic E-state index is 0.796. The van der Waals surface area contributed by atoms with Gasteiger partial charge < -0.3 is 4.74 Å². The fourth-order valence-electron chi connectivity index (χ4n) is 2.39. The lowest BCUT2D eigenvalue weighted by atomic mass is 10.1. The molecule has 0 saturated carbocycles. The zero-order valence-corrected chi connectivity index (χ0v) is 12.2. The first-order chi connectivity index (χ1) is 10.3. The van der Waals surface area contributed by atoms with Crippen LogP contribution >= 0.6 is 11.3 Å². The van der Waals surface area contributed by atoms with E-state index in [-0.39, 0.29) is 0 Å². The first-order valence-electron chi connectivity index (χ1n) is 6.67. The van der Waals surface area contributed by atoms with Crippen molar-refractivity contribution in [1.29, 1.82) is 0 Å². The largest absolute Gasteiger partial charge is 0.457 e. The third-order valence-electron chi connectivity index (χ3n) is 3.34. The smallest absolute Gasteiger partial charge is 0.136 e. The summed E-state index contributed by atoms with van der Waals surface area (Å²) in [4.78, 5) is 8.68. The summed E-state index contributed by atoms with van der Waals surface area (Å²) < 4.78 is 7.21. The average Bonchev–Trinajstić information content (AvgIpc) is 2.87. The average molecular weight is 292 g/mol. The predicted octanol–water partition coefficient (Wildman–Crippen LogP) is 4.95. The maximum Gasteiger partial charge on any atom is 0.136 e. The molecule has 4 aromatic rings. The first-order valence-corrected chi connectivity index (χ1v) is 7.49. The summed E-state index contributed by atoms with van der Waals surface area (Å²) in [7, 11) is 0. The van der Waals surface area contributed by atoms with E-state index in [0.29, 0.717) is 0 Å². The highest BCUT2D eigenvalue weighted by atomic mass is 32.1. The molecule has 0 atom stereocenters. The first kappa shape index (κ1) is 12.3. The van der Waals surface area contributed by atoms with Crippen LogP contribution in [0.3, 0.4) is 0 Å². The number of benzene rings is 2. The van der Waals surface area contributed by atoms with Crippen molar-refractivity contribution in [2.75, 3.05) is 0 Å². The Hall–Kier alpha value is -2.46. The van der Waals surface area contributed by atoms with Crippen molar-refractivity contribution in [2.45, 2.75) is 6.92 Å². The minimum atomic E-state index is 0.796. The van der Waals surface area contributed by atoms with E-state index in [1.807, 2.05) is 43.5 Å². The van der Waals surface area contributed by atoms with Gasteiger partial charge in [0, 0.05) is 23.8 Å². The van der Waals surface area contributed by atoms with E-state index in [2.05, 4.69) is 22.1 Å². The van der Waals surface area contributed by atoms with Crippen molar-refractivity contribution in [3.8, 4) is 11.5 Å². The fourth-order valence-corrected chi connectivity index (χ4v) is 3.19. The van der Waals surface area contributed by atoms with Gasteiger partial charge in [0.15, 0.2) is 0 Å². The molecule has 2 aromatic heterocycles. The van der Waals surface area contributed by atoms with Gasteiger partial charge in [-0.1, -0.05) is 12.1 Å². The summed E-state index contributed by atoms with van der Waals surface area (Å²) in [6.07, 6.45) is 3.62. The topological polar surface area (TPSA) is 35.0 Å². The molecule has 0 bridgehead atoms. The highest BCUT2D eigenvalue weighted by molar-refractivity contribution is 7.18. The number of rotatable bonds is 2. The van der Waals surface area contributed by atoms with Crippen LogP contribution in [0, 0.1) is 6.92 Å². The van der Waals surface area contributed by atoms with E-state index in [0.717, 1.165) is 32.8 Å². The van der Waals surface area contributed by atoms with Gasteiger partial charge in [-0.25, -0.2) is 4.98 Å². The van der Waals surface area contributed by atoms with Gasteiger partial charge in [0.2, 0.25) is 0 Å². The highest BCUT2D eigenvalue weighted by Gasteiger charge is 2.06. The van der Waals surface area contributed by atoms with Gasteiger partial charge in [0.25, 0.3) is 0 Å². The molecular weight excluding hydrogens is 280 g/mol. The second kappa shape index (κ2) is 4.82. The fraction of sp³-hybridized carbons (Fsp3) is 0.0588. The molecule has 0 unspecified atom stereocenters. The van der Waals surface area contributed by atoms with Crippen LogP contribution < -0.4 is 4.74 Å². The van der Waals surface area contributed by atoms with Crippen LogP contribution in [0.1, 0.15) is 5.01 Å².